The molecule has 1 aromatic heterocycles. The average Bonchev–Trinajstić information content (AvgIpc) is 3.50. The summed E-state index contributed by atoms with van der Waals surface area (Å²) < 4.78 is 60.2. The number of nitrogens with one attached hydrogen (secondary N) is 1. The Hall–Kier alpha value is -3.69. The first kappa shape index (κ1) is 27.3. The van der Waals surface area contributed by atoms with Crippen LogP contribution in [-0.4, -0.2) is 28.5 Å². The van der Waals surface area contributed by atoms with Gasteiger partial charge in [0.2, 0.25) is 5.91 Å². The number of hydrogen-bond acceptors (Lipinski definition) is 4. The maximum absolute atomic E-state index is 14.7. The van der Waals surface area contributed by atoms with Crippen molar-refractivity contribution >= 4 is 17.6 Å². The van der Waals surface area contributed by atoms with Gasteiger partial charge in [-0.2, -0.15) is 13.2 Å². The van der Waals surface area contributed by atoms with Crippen molar-refractivity contribution in [2.24, 2.45) is 0 Å². The van der Waals surface area contributed by atoms with Crippen LogP contribution in [0.4, 0.5) is 23.2 Å². The molecule has 0 spiro atoms. The van der Waals surface area contributed by atoms with Crippen LogP contribution >= 0.6 is 0 Å². The van der Waals surface area contributed by atoms with Crippen molar-refractivity contribution in [3.63, 3.8) is 0 Å². The summed E-state index contributed by atoms with van der Waals surface area (Å²) in [4.78, 5) is 30.3. The van der Waals surface area contributed by atoms with Crippen LogP contribution in [0.15, 0.2) is 48.9 Å². The molecule has 3 aromatic rings. The summed E-state index contributed by atoms with van der Waals surface area (Å²) in [6.45, 7) is 6.28. The monoisotopic (exact) mass is 531 g/mol. The second kappa shape index (κ2) is 9.89. The van der Waals surface area contributed by atoms with Crippen LogP contribution in [0.25, 0.3) is 5.69 Å². The van der Waals surface area contributed by atoms with E-state index in [1.54, 1.807) is 23.0 Å². The summed E-state index contributed by atoms with van der Waals surface area (Å²) in [6, 6.07) is 6.89. The van der Waals surface area contributed by atoms with Crippen molar-refractivity contribution in [1.82, 2.24) is 9.55 Å². The highest BCUT2D eigenvalue weighted by molar-refractivity contribution is 6.03. The molecule has 2 aromatic carbocycles. The van der Waals surface area contributed by atoms with Crippen molar-refractivity contribution in [3.05, 3.63) is 77.1 Å². The second-order valence-corrected chi connectivity index (χ2v) is 10.3. The maximum Gasteiger partial charge on any atom is 0.416 e. The van der Waals surface area contributed by atoms with Gasteiger partial charge in [-0.1, -0.05) is 33.3 Å². The lowest BCUT2D eigenvalue weighted by Gasteiger charge is -2.21. The van der Waals surface area contributed by atoms with Gasteiger partial charge in [0, 0.05) is 22.9 Å². The van der Waals surface area contributed by atoms with Crippen molar-refractivity contribution in [2.75, 3.05) is 12.4 Å². The highest BCUT2D eigenvalue weighted by Crippen LogP contribution is 2.50. The molecule has 0 saturated heterocycles. The maximum atomic E-state index is 14.7. The quantitative estimate of drug-likeness (QED) is 0.264. The smallest absolute Gasteiger partial charge is 0.416 e. The molecule has 10 heteroatoms. The summed E-state index contributed by atoms with van der Waals surface area (Å²) in [5.74, 6) is -2.28. The lowest BCUT2D eigenvalue weighted by Crippen LogP contribution is -2.29. The van der Waals surface area contributed by atoms with Crippen molar-refractivity contribution in [1.29, 1.82) is 0 Å². The Kier molecular flexibility index (Phi) is 7.11. The predicted octanol–water partition coefficient (Wildman–Crippen LogP) is 6.56. The molecular weight excluding hydrogens is 502 g/mol. The molecule has 1 saturated carbocycles. The summed E-state index contributed by atoms with van der Waals surface area (Å²) in [5.41, 5.74) is -0.842. The number of anilines is 1. The molecule has 4 rings (SSSR count). The molecule has 0 atom stereocenters. The third kappa shape index (κ3) is 5.16. The van der Waals surface area contributed by atoms with Crippen LogP contribution in [-0.2, 0) is 26.5 Å². The van der Waals surface area contributed by atoms with Gasteiger partial charge in [-0.15, -0.1) is 0 Å². The van der Waals surface area contributed by atoms with Crippen molar-refractivity contribution in [3.8, 4) is 5.69 Å². The summed E-state index contributed by atoms with van der Waals surface area (Å²) in [7, 11) is 1.24. The zero-order chi connectivity index (χ0) is 27.9. The van der Waals surface area contributed by atoms with E-state index < -0.39 is 34.8 Å². The normalized spacial score (nSPS) is 14.7. The lowest BCUT2D eigenvalue weighted by atomic mass is 9.85. The standard InChI is InChI=1S/C28H29F4N3O3/c1-5-10-26(2,3)23-15-35(16-33-23)22-9-7-18(14-19(22)24(36)38-4)34-25(37)27(11-12-27)20-8-6-17(13-21(20)29)28(30,31)32/h6-9,13-16H,5,10-12H2,1-4H3,(H,34,37). The zero-order valence-corrected chi connectivity index (χ0v) is 21.6. The van der Waals surface area contributed by atoms with Gasteiger partial charge in [-0.3, -0.25) is 4.79 Å². The van der Waals surface area contributed by atoms with Crippen LogP contribution in [0.3, 0.4) is 0 Å². The Bertz CT molecular complexity index is 1370. The number of nitrogens with zero attached hydrogens (tertiary/aromatic N) is 2. The van der Waals surface area contributed by atoms with E-state index in [0.29, 0.717) is 11.8 Å². The molecule has 1 aliphatic rings. The first-order valence-corrected chi connectivity index (χ1v) is 12.3. The highest BCUT2D eigenvalue weighted by Gasteiger charge is 2.53. The number of carbonyl (C=O) groups is 2. The van der Waals surface area contributed by atoms with E-state index in [9.17, 15) is 27.2 Å². The fourth-order valence-electron chi connectivity index (χ4n) is 4.74. The number of imidazole rings is 1. The Labute approximate surface area is 218 Å². The SMILES string of the molecule is CCCC(C)(C)c1cn(-c2ccc(NC(=O)C3(c4ccc(C(F)(F)F)cc4F)CC3)cc2C(=O)OC)cn1. The van der Waals surface area contributed by atoms with E-state index in [2.05, 4.69) is 31.1 Å². The number of methoxy groups -OCH3 is 1. The van der Waals surface area contributed by atoms with Gasteiger partial charge in [-0.25, -0.2) is 14.2 Å². The molecule has 1 N–H and O–H groups in total. The van der Waals surface area contributed by atoms with Crippen LogP contribution < -0.4 is 5.32 Å². The predicted molar refractivity (Wildman–Crippen MR) is 134 cm³/mol. The van der Waals surface area contributed by atoms with Crippen LogP contribution in [0.2, 0.25) is 0 Å². The van der Waals surface area contributed by atoms with Gasteiger partial charge in [0.25, 0.3) is 0 Å². The number of alkyl halides is 3. The molecule has 0 bridgehead atoms. The molecule has 1 amide bonds. The Balaban J connectivity index is 1.62. The minimum absolute atomic E-state index is 0.0894. The Morgan fingerprint density at radius 3 is 2.42 bits per heavy atom. The molecule has 0 aliphatic heterocycles. The Morgan fingerprint density at radius 2 is 1.84 bits per heavy atom. The number of hydrogen-bond donors (Lipinski definition) is 1. The zero-order valence-electron chi connectivity index (χ0n) is 21.6. The molecule has 1 aliphatic carbocycles. The molecule has 0 radical (unpaired) electrons. The fourth-order valence-corrected chi connectivity index (χ4v) is 4.74. The lowest BCUT2D eigenvalue weighted by molar-refractivity contribution is -0.137. The molecule has 0 unspecified atom stereocenters. The number of halogens is 4. The van der Waals surface area contributed by atoms with Crippen molar-refractivity contribution < 1.29 is 31.9 Å². The third-order valence-corrected chi connectivity index (χ3v) is 7.09. The van der Waals surface area contributed by atoms with Gasteiger partial charge in [0.05, 0.1) is 41.4 Å². The van der Waals surface area contributed by atoms with Crippen LogP contribution in [0.1, 0.15) is 73.6 Å². The topological polar surface area (TPSA) is 73.2 Å². The number of rotatable bonds is 8. The third-order valence-electron chi connectivity index (χ3n) is 7.09. The number of benzene rings is 2. The number of carbonyl (C=O) groups excluding carboxylic acids is 2. The number of aromatic nitrogens is 2. The molecule has 38 heavy (non-hydrogen) atoms. The van der Waals surface area contributed by atoms with Gasteiger partial charge in [-0.05, 0) is 49.6 Å². The van der Waals surface area contributed by atoms with E-state index in [1.807, 2.05) is 6.20 Å². The van der Waals surface area contributed by atoms with Crippen LogP contribution in [0.5, 0.6) is 0 Å². The van der Waals surface area contributed by atoms with Gasteiger partial charge in [0.15, 0.2) is 0 Å². The number of ether oxygens (including phenoxy) is 1. The molecule has 1 fully saturated rings. The van der Waals surface area contributed by atoms with E-state index >= 15 is 0 Å². The van der Waals surface area contributed by atoms with Gasteiger partial charge in [0.1, 0.15) is 5.82 Å². The van der Waals surface area contributed by atoms with Crippen molar-refractivity contribution in [2.45, 2.75) is 63.5 Å². The molecular formula is C28H29F4N3O3. The van der Waals surface area contributed by atoms with Gasteiger partial charge < -0.3 is 14.6 Å². The van der Waals surface area contributed by atoms with E-state index in [0.717, 1.165) is 30.7 Å². The molecule has 202 valence electrons. The first-order valence-electron chi connectivity index (χ1n) is 12.3. The first-order chi connectivity index (χ1) is 17.8. The summed E-state index contributed by atoms with van der Waals surface area (Å²) in [5, 5.41) is 2.70. The summed E-state index contributed by atoms with van der Waals surface area (Å²) >= 11 is 0. The molecule has 6 nitrogen and oxygen atoms in total. The Morgan fingerprint density at radius 1 is 1.13 bits per heavy atom. The number of esters is 1. The van der Waals surface area contributed by atoms with Crippen LogP contribution in [0, 0.1) is 5.82 Å². The van der Waals surface area contributed by atoms with E-state index in [-0.39, 0.29) is 35.1 Å². The fraction of sp³-hybridized carbons (Fsp3) is 0.393. The average molecular weight is 532 g/mol. The second-order valence-electron chi connectivity index (χ2n) is 10.3. The van der Waals surface area contributed by atoms with Gasteiger partial charge >= 0.3 is 12.1 Å². The molecule has 1 heterocycles. The highest BCUT2D eigenvalue weighted by atomic mass is 19.4. The minimum atomic E-state index is -4.69. The minimum Gasteiger partial charge on any atom is -0.465 e. The number of amides is 1. The largest absolute Gasteiger partial charge is 0.465 e. The van der Waals surface area contributed by atoms with E-state index in [1.165, 1.54) is 13.2 Å². The van der Waals surface area contributed by atoms with E-state index in [4.69, 9.17) is 4.74 Å². The summed E-state index contributed by atoms with van der Waals surface area (Å²) in [6.07, 6.45) is 1.26.